The van der Waals surface area contributed by atoms with Crippen molar-refractivity contribution >= 4 is 15.8 Å². The van der Waals surface area contributed by atoms with E-state index in [1.807, 2.05) is 37.3 Å². The van der Waals surface area contributed by atoms with Crippen molar-refractivity contribution in [1.29, 1.82) is 0 Å². The first-order valence-corrected chi connectivity index (χ1v) is 12.3. The zero-order valence-corrected chi connectivity index (χ0v) is 20.5. The van der Waals surface area contributed by atoms with Crippen LogP contribution in [0.2, 0.25) is 0 Å². The van der Waals surface area contributed by atoms with Gasteiger partial charge in [0.2, 0.25) is 0 Å². The molecule has 1 N–H and O–H groups in total. The molecular weight excluding hydrogens is 422 g/mol. The summed E-state index contributed by atoms with van der Waals surface area (Å²) < 4.78 is 31.8. The molecule has 0 aliphatic heterocycles. The van der Waals surface area contributed by atoms with E-state index in [1.165, 1.54) is 6.08 Å². The van der Waals surface area contributed by atoms with Crippen molar-refractivity contribution in [2.24, 2.45) is 5.92 Å². The molecule has 0 unspecified atom stereocenters. The van der Waals surface area contributed by atoms with Crippen LogP contribution in [0.1, 0.15) is 52.6 Å². The second-order valence-electron chi connectivity index (χ2n) is 9.18. The molecule has 6 heteroatoms. The normalized spacial score (nSPS) is 15.9. The van der Waals surface area contributed by atoms with Crippen LogP contribution in [-0.4, -0.2) is 31.3 Å². The third kappa shape index (κ3) is 6.08. The number of ether oxygens (including phenoxy) is 1. The summed E-state index contributed by atoms with van der Waals surface area (Å²) in [6, 6.07) is 18.0. The Bertz CT molecular complexity index is 997. The van der Waals surface area contributed by atoms with Gasteiger partial charge in [0.05, 0.1) is 4.90 Å². The predicted molar refractivity (Wildman–Crippen MR) is 129 cm³/mol. The maximum Gasteiger partial charge on any atom is 0.306 e. The van der Waals surface area contributed by atoms with Crippen LogP contribution >= 0.6 is 0 Å². The van der Waals surface area contributed by atoms with E-state index in [0.29, 0.717) is 0 Å². The third-order valence-corrected chi connectivity index (χ3v) is 8.22. The van der Waals surface area contributed by atoms with Crippen LogP contribution in [0.5, 0.6) is 0 Å². The van der Waals surface area contributed by atoms with E-state index in [2.05, 4.69) is 11.9 Å². The fourth-order valence-corrected chi connectivity index (χ4v) is 5.77. The van der Waals surface area contributed by atoms with Crippen LogP contribution < -0.4 is 5.32 Å². The lowest BCUT2D eigenvalue weighted by Gasteiger charge is -2.37. The maximum atomic E-state index is 13.9. The molecule has 0 spiro atoms. The summed E-state index contributed by atoms with van der Waals surface area (Å²) in [5.41, 5.74) is 0.397. The van der Waals surface area contributed by atoms with Crippen molar-refractivity contribution in [3.63, 3.8) is 0 Å². The summed E-state index contributed by atoms with van der Waals surface area (Å²) in [6.07, 6.45) is 1.42. The summed E-state index contributed by atoms with van der Waals surface area (Å²) in [5, 5.41) is 3.37. The molecule has 0 fully saturated rings. The molecule has 0 saturated heterocycles. The SMILES string of the molecule is C=C[C@@](CN[C@@H](C)c1ccccc1)([C@H](C)CC(=O)OC(C)(C)C)S(=O)(=O)c1ccccc1. The Labute approximate surface area is 192 Å². The van der Waals surface area contributed by atoms with Crippen molar-refractivity contribution in [1.82, 2.24) is 5.32 Å². The largest absolute Gasteiger partial charge is 0.460 e. The number of hydrogen-bond acceptors (Lipinski definition) is 5. The molecular formula is C26H35NO4S. The van der Waals surface area contributed by atoms with Gasteiger partial charge in [0.1, 0.15) is 10.3 Å². The second-order valence-corrected chi connectivity index (χ2v) is 11.4. The minimum Gasteiger partial charge on any atom is -0.460 e. The van der Waals surface area contributed by atoms with E-state index >= 15 is 0 Å². The number of sulfone groups is 1. The second kappa shape index (κ2) is 10.5. The molecule has 2 aromatic rings. The monoisotopic (exact) mass is 457 g/mol. The lowest BCUT2D eigenvalue weighted by atomic mass is 9.89. The van der Waals surface area contributed by atoms with E-state index in [4.69, 9.17) is 4.74 Å². The van der Waals surface area contributed by atoms with Crippen LogP contribution in [-0.2, 0) is 19.4 Å². The molecule has 0 saturated carbocycles. The molecule has 32 heavy (non-hydrogen) atoms. The molecule has 174 valence electrons. The Morgan fingerprint density at radius 1 is 1.03 bits per heavy atom. The minimum atomic E-state index is -3.87. The van der Waals surface area contributed by atoms with Gasteiger partial charge in [-0.05, 0) is 51.3 Å². The fraction of sp³-hybridized carbons (Fsp3) is 0.423. The highest BCUT2D eigenvalue weighted by Crippen LogP contribution is 2.36. The van der Waals surface area contributed by atoms with Crippen molar-refractivity contribution in [3.8, 4) is 0 Å². The van der Waals surface area contributed by atoms with E-state index < -0.39 is 32.1 Å². The van der Waals surface area contributed by atoms with Crippen LogP contribution in [0.25, 0.3) is 0 Å². The molecule has 5 nitrogen and oxygen atoms in total. The highest BCUT2D eigenvalue weighted by atomic mass is 32.2. The number of carbonyl (C=O) groups excluding carboxylic acids is 1. The summed E-state index contributed by atoms with van der Waals surface area (Å²) in [6.45, 7) is 13.1. The number of carbonyl (C=O) groups is 1. The Kier molecular flexibility index (Phi) is 8.43. The van der Waals surface area contributed by atoms with E-state index in [1.54, 1.807) is 58.0 Å². The molecule has 3 atom stereocenters. The summed E-state index contributed by atoms with van der Waals surface area (Å²) in [7, 11) is -3.87. The zero-order chi connectivity index (χ0) is 24.0. The van der Waals surface area contributed by atoms with Gasteiger partial charge in [-0.15, -0.1) is 6.58 Å². The first kappa shape index (κ1) is 25.8. The smallest absolute Gasteiger partial charge is 0.306 e. The van der Waals surface area contributed by atoms with Crippen molar-refractivity contribution < 1.29 is 17.9 Å². The average Bonchev–Trinajstić information content (AvgIpc) is 2.74. The topological polar surface area (TPSA) is 72.5 Å². The van der Waals surface area contributed by atoms with Crippen LogP contribution in [0, 0.1) is 5.92 Å². The standard InChI is InChI=1S/C26H35NO4S/c1-7-26(20(2)18-24(28)31-25(4,5)6,32(29,30)23-16-12-9-13-17-23)19-27-21(3)22-14-10-8-11-15-22/h7-17,20-21,27H,1,18-19H2,2-6H3/t20-,21+,26-/m1/s1. The molecule has 2 rings (SSSR count). The van der Waals surface area contributed by atoms with Gasteiger partial charge in [0.25, 0.3) is 0 Å². The quantitative estimate of drug-likeness (QED) is 0.397. The lowest BCUT2D eigenvalue weighted by molar-refractivity contribution is -0.156. The third-order valence-electron chi connectivity index (χ3n) is 5.61. The number of benzene rings is 2. The minimum absolute atomic E-state index is 0.0449. The summed E-state index contributed by atoms with van der Waals surface area (Å²) in [4.78, 5) is 12.8. The van der Waals surface area contributed by atoms with Crippen LogP contribution in [0.4, 0.5) is 0 Å². The number of hydrogen-bond donors (Lipinski definition) is 1. The molecule has 2 aromatic carbocycles. The van der Waals surface area contributed by atoms with Gasteiger partial charge in [-0.2, -0.15) is 0 Å². The number of nitrogens with one attached hydrogen (secondary N) is 1. The van der Waals surface area contributed by atoms with Gasteiger partial charge in [-0.3, -0.25) is 4.79 Å². The van der Waals surface area contributed by atoms with E-state index in [-0.39, 0.29) is 23.9 Å². The molecule has 0 amide bonds. The van der Waals surface area contributed by atoms with Gasteiger partial charge in [0.15, 0.2) is 9.84 Å². The predicted octanol–water partition coefficient (Wildman–Crippen LogP) is 5.10. The zero-order valence-electron chi connectivity index (χ0n) is 19.7. The average molecular weight is 458 g/mol. The highest BCUT2D eigenvalue weighted by molar-refractivity contribution is 7.93. The van der Waals surface area contributed by atoms with Crippen molar-refractivity contribution in [3.05, 3.63) is 78.9 Å². The number of esters is 1. The molecule has 0 aliphatic carbocycles. The summed E-state index contributed by atoms with van der Waals surface area (Å²) >= 11 is 0. The van der Waals surface area contributed by atoms with Crippen LogP contribution in [0.3, 0.4) is 0 Å². The van der Waals surface area contributed by atoms with Gasteiger partial charge < -0.3 is 10.1 Å². The molecule has 0 aromatic heterocycles. The molecule has 0 radical (unpaired) electrons. The summed E-state index contributed by atoms with van der Waals surface area (Å²) in [5.74, 6) is -1.01. The van der Waals surface area contributed by atoms with E-state index in [0.717, 1.165) is 5.56 Å². The first-order chi connectivity index (χ1) is 14.9. The molecule has 0 aliphatic rings. The Hall–Kier alpha value is -2.44. The van der Waals surface area contributed by atoms with Gasteiger partial charge >= 0.3 is 5.97 Å². The van der Waals surface area contributed by atoms with E-state index in [9.17, 15) is 13.2 Å². The highest BCUT2D eigenvalue weighted by Gasteiger charge is 2.47. The maximum absolute atomic E-state index is 13.9. The molecule has 0 bridgehead atoms. The van der Waals surface area contributed by atoms with Crippen LogP contribution in [0.15, 0.2) is 78.2 Å². The van der Waals surface area contributed by atoms with Crippen molar-refractivity contribution in [2.75, 3.05) is 6.54 Å². The van der Waals surface area contributed by atoms with Gasteiger partial charge in [-0.1, -0.05) is 61.5 Å². The van der Waals surface area contributed by atoms with Gasteiger partial charge in [0, 0.05) is 19.0 Å². The lowest BCUT2D eigenvalue weighted by Crippen LogP contribution is -2.51. The number of rotatable bonds is 10. The Balaban J connectivity index is 2.42. The van der Waals surface area contributed by atoms with Gasteiger partial charge in [-0.25, -0.2) is 8.42 Å². The first-order valence-electron chi connectivity index (χ1n) is 10.9. The van der Waals surface area contributed by atoms with Crippen molar-refractivity contribution in [2.45, 2.75) is 62.3 Å². The molecule has 0 heterocycles. The fourth-order valence-electron chi connectivity index (χ4n) is 3.71. The Morgan fingerprint density at radius 3 is 2.06 bits per heavy atom. The Morgan fingerprint density at radius 2 is 1.56 bits per heavy atom.